The number of aromatic nitrogens is 3. The van der Waals surface area contributed by atoms with Crippen molar-refractivity contribution < 1.29 is 18.8 Å². The number of rotatable bonds is 12. The van der Waals surface area contributed by atoms with Gasteiger partial charge >= 0.3 is 0 Å². The minimum absolute atomic E-state index is 0.0150. The van der Waals surface area contributed by atoms with E-state index in [1.807, 2.05) is 30.5 Å². The fourth-order valence-electron chi connectivity index (χ4n) is 8.27. The molecule has 296 valence electrons. The number of carbonyl (C=O) groups excluding carboxylic acids is 3. The minimum Gasteiger partial charge on any atom is -0.393 e. The third-order valence-corrected chi connectivity index (χ3v) is 11.6. The molecule has 2 saturated carbocycles. The first-order valence-corrected chi connectivity index (χ1v) is 20.0. The molecular formula is C41H52FN11O3. The zero-order chi connectivity index (χ0) is 39.1. The fourth-order valence-corrected chi connectivity index (χ4v) is 8.27. The van der Waals surface area contributed by atoms with Crippen molar-refractivity contribution in [2.75, 3.05) is 43.4 Å². The smallest absolute Gasteiger partial charge is 0.272 e. The lowest BCUT2D eigenvalue weighted by Gasteiger charge is -2.39. The molecule has 4 fully saturated rings. The summed E-state index contributed by atoms with van der Waals surface area (Å²) in [6.07, 6.45) is 9.08. The Bertz CT molecular complexity index is 2060. The summed E-state index contributed by atoms with van der Waals surface area (Å²) >= 11 is 0. The molecule has 5 heterocycles. The molecule has 2 unspecified atom stereocenters. The van der Waals surface area contributed by atoms with Gasteiger partial charge < -0.3 is 37.2 Å². The quantitative estimate of drug-likeness (QED) is 0.133. The molecule has 7 N–H and O–H groups in total. The van der Waals surface area contributed by atoms with Gasteiger partial charge in [0.1, 0.15) is 23.4 Å². The van der Waals surface area contributed by atoms with Crippen LogP contribution in [0.4, 0.5) is 15.8 Å². The number of nitrogens with two attached hydrogens (primary N) is 2. The standard InChI is InChI=1S/C41H52FN11O3/c1-3-34-38-30(21-45-53(38)28-15-17-51(18-16-28)23-27-6-4-9-32(46-27)41(56)52-19-14-25(42)22-52)29-7-5-8-31(37(29)50(34)2)48-33(36(44)40(55)47-26-12-13-26)20-35(43)49-39(54)24-10-11-24/h4-9,20-21,24-26,28,34,48H,3,10-19,22-23,43-44H2,1-2H3,(H,47,55)(H,49,54)/b35-20+,36-33+. The number of para-hydroxylation sites is 1. The second-order valence-corrected chi connectivity index (χ2v) is 15.8. The number of hydrogen-bond donors (Lipinski definition) is 5. The summed E-state index contributed by atoms with van der Waals surface area (Å²) in [5, 5.41) is 14.2. The number of amides is 3. The number of benzene rings is 1. The molecule has 1 aromatic carbocycles. The van der Waals surface area contributed by atoms with Crippen molar-refractivity contribution in [3.8, 4) is 11.1 Å². The Balaban J connectivity index is 1.00. The van der Waals surface area contributed by atoms with Crippen molar-refractivity contribution >= 4 is 29.1 Å². The molecule has 8 rings (SSSR count). The predicted molar refractivity (Wildman–Crippen MR) is 211 cm³/mol. The van der Waals surface area contributed by atoms with Gasteiger partial charge in [-0.1, -0.05) is 25.1 Å². The van der Waals surface area contributed by atoms with Crippen LogP contribution in [0.25, 0.3) is 11.1 Å². The number of fused-ring (bicyclic) bond motifs is 3. The van der Waals surface area contributed by atoms with Gasteiger partial charge in [-0.05, 0) is 69.6 Å². The molecule has 0 bridgehead atoms. The van der Waals surface area contributed by atoms with E-state index >= 15 is 0 Å². The van der Waals surface area contributed by atoms with Crippen molar-refractivity contribution in [3.63, 3.8) is 0 Å². The van der Waals surface area contributed by atoms with Crippen LogP contribution in [-0.2, 0) is 16.1 Å². The zero-order valence-corrected chi connectivity index (χ0v) is 32.1. The molecule has 3 amide bonds. The summed E-state index contributed by atoms with van der Waals surface area (Å²) in [5.74, 6) is -0.651. The number of hydrogen-bond acceptors (Lipinski definition) is 10. The number of nitrogens with zero attached hydrogens (tertiary/aromatic N) is 6. The molecular weight excluding hydrogens is 714 g/mol. The summed E-state index contributed by atoms with van der Waals surface area (Å²) in [5.41, 5.74) is 19.2. The molecule has 3 aromatic rings. The molecule has 0 radical (unpaired) electrons. The molecule has 5 aliphatic rings. The highest BCUT2D eigenvalue weighted by molar-refractivity contribution is 5.97. The highest BCUT2D eigenvalue weighted by Crippen LogP contribution is 2.49. The van der Waals surface area contributed by atoms with Gasteiger partial charge in [0, 0.05) is 62.4 Å². The Hall–Kier alpha value is -5.44. The minimum atomic E-state index is -0.963. The van der Waals surface area contributed by atoms with E-state index in [-0.39, 0.29) is 59.8 Å². The van der Waals surface area contributed by atoms with E-state index in [1.54, 1.807) is 11.0 Å². The Kier molecular flexibility index (Phi) is 10.4. The average molecular weight is 766 g/mol. The maximum Gasteiger partial charge on any atom is 0.272 e. The highest BCUT2D eigenvalue weighted by Gasteiger charge is 2.36. The van der Waals surface area contributed by atoms with Crippen LogP contribution >= 0.6 is 0 Å². The van der Waals surface area contributed by atoms with Gasteiger partial charge in [0.2, 0.25) is 5.91 Å². The maximum atomic E-state index is 13.7. The lowest BCUT2D eigenvalue weighted by atomic mass is 9.91. The molecule has 15 heteroatoms. The van der Waals surface area contributed by atoms with E-state index in [1.165, 1.54) is 11.8 Å². The van der Waals surface area contributed by atoms with Gasteiger partial charge in [-0.25, -0.2) is 9.37 Å². The first-order chi connectivity index (χ1) is 27.1. The van der Waals surface area contributed by atoms with E-state index < -0.39 is 6.17 Å². The van der Waals surface area contributed by atoms with Crippen LogP contribution in [0.1, 0.15) is 92.3 Å². The van der Waals surface area contributed by atoms with Crippen LogP contribution < -0.4 is 32.3 Å². The molecule has 2 aliphatic carbocycles. The number of pyridine rings is 1. The molecule has 3 aliphatic heterocycles. The number of anilines is 2. The van der Waals surface area contributed by atoms with Crippen LogP contribution in [0.15, 0.2) is 65.9 Å². The van der Waals surface area contributed by atoms with E-state index in [9.17, 15) is 18.8 Å². The van der Waals surface area contributed by atoms with Gasteiger partial charge in [0.05, 0.1) is 53.3 Å². The van der Waals surface area contributed by atoms with Crippen LogP contribution in [0, 0.1) is 5.92 Å². The normalized spacial score (nSPS) is 21.9. The maximum absolute atomic E-state index is 13.7. The molecule has 14 nitrogen and oxygen atoms in total. The van der Waals surface area contributed by atoms with Crippen LogP contribution in [-0.4, -0.2) is 87.7 Å². The van der Waals surface area contributed by atoms with Crippen molar-refractivity contribution in [2.24, 2.45) is 17.4 Å². The van der Waals surface area contributed by atoms with Gasteiger partial charge in [-0.15, -0.1) is 0 Å². The number of likely N-dealkylation sites (tertiary alicyclic amines) is 2. The average Bonchev–Trinajstić information content (AvgIpc) is 4.13. The summed E-state index contributed by atoms with van der Waals surface area (Å²) < 4.78 is 16.0. The second-order valence-electron chi connectivity index (χ2n) is 15.8. The number of halogens is 1. The van der Waals surface area contributed by atoms with Crippen molar-refractivity contribution in [1.29, 1.82) is 0 Å². The van der Waals surface area contributed by atoms with Crippen molar-refractivity contribution in [3.05, 3.63) is 83.0 Å². The van der Waals surface area contributed by atoms with Gasteiger partial charge in [-0.3, -0.25) is 24.0 Å². The lowest BCUT2D eigenvalue weighted by molar-refractivity contribution is -0.121. The van der Waals surface area contributed by atoms with Crippen LogP contribution in [0.3, 0.4) is 0 Å². The number of nitrogens with one attached hydrogen (secondary N) is 3. The van der Waals surface area contributed by atoms with Crippen molar-refractivity contribution in [2.45, 2.75) is 89.1 Å². The third kappa shape index (κ3) is 7.81. The zero-order valence-electron chi connectivity index (χ0n) is 32.1. The largest absolute Gasteiger partial charge is 0.393 e. The number of carbonyl (C=O) groups is 3. The fraction of sp³-hybridized carbons (Fsp3) is 0.488. The highest BCUT2D eigenvalue weighted by atomic mass is 19.1. The summed E-state index contributed by atoms with van der Waals surface area (Å²) in [6, 6.07) is 11.9. The Morgan fingerprint density at radius 2 is 1.73 bits per heavy atom. The lowest BCUT2D eigenvalue weighted by Crippen LogP contribution is -2.37. The molecule has 2 atom stereocenters. The molecule has 56 heavy (non-hydrogen) atoms. The van der Waals surface area contributed by atoms with E-state index in [4.69, 9.17) is 16.6 Å². The third-order valence-electron chi connectivity index (χ3n) is 11.6. The summed E-state index contributed by atoms with van der Waals surface area (Å²) in [7, 11) is 2.08. The predicted octanol–water partition coefficient (Wildman–Crippen LogP) is 4.05. The molecule has 2 saturated heterocycles. The summed E-state index contributed by atoms with van der Waals surface area (Å²) in [6.45, 7) is 5.09. The number of alkyl halides is 1. The van der Waals surface area contributed by atoms with Gasteiger partial charge in [0.25, 0.3) is 11.8 Å². The first-order valence-electron chi connectivity index (χ1n) is 20.0. The topological polar surface area (TPSA) is 180 Å². The number of piperidine rings is 1. The Morgan fingerprint density at radius 3 is 2.43 bits per heavy atom. The second kappa shape index (κ2) is 15.6. The monoisotopic (exact) mass is 765 g/mol. The van der Waals surface area contributed by atoms with Crippen LogP contribution in [0.2, 0.25) is 0 Å². The Morgan fingerprint density at radius 1 is 0.964 bits per heavy atom. The van der Waals surface area contributed by atoms with Gasteiger partial charge in [0.15, 0.2) is 0 Å². The van der Waals surface area contributed by atoms with E-state index in [0.29, 0.717) is 30.9 Å². The summed E-state index contributed by atoms with van der Waals surface area (Å²) in [4.78, 5) is 49.5. The van der Waals surface area contributed by atoms with Crippen LogP contribution in [0.5, 0.6) is 0 Å². The van der Waals surface area contributed by atoms with Gasteiger partial charge in [-0.2, -0.15) is 5.10 Å². The molecule has 0 spiro atoms. The Labute approximate surface area is 326 Å². The number of allylic oxidation sites excluding steroid dienone is 1. The first kappa shape index (κ1) is 37.5. The molecule has 2 aromatic heterocycles. The van der Waals surface area contributed by atoms with E-state index in [0.717, 1.165) is 86.2 Å². The SMILES string of the molecule is CCC1c2c(cnn2C2CCN(Cc3cccc(C(=O)N4CCC(F)C4)n3)CC2)-c2cccc(NC(/C=C(\N)NC(=O)C3CC3)=C(/N)C(=O)NC3CC3)c2N1C. The van der Waals surface area contributed by atoms with E-state index in [2.05, 4.69) is 55.5 Å². The van der Waals surface area contributed by atoms with Crippen molar-refractivity contribution in [1.82, 2.24) is 35.2 Å².